The smallest absolute Gasteiger partial charge is 0.253 e. The van der Waals surface area contributed by atoms with Gasteiger partial charge in [0.1, 0.15) is 11.8 Å². The zero-order valence-corrected chi connectivity index (χ0v) is 17.5. The molecule has 1 N–H and O–H groups in total. The second-order valence-electron chi connectivity index (χ2n) is 8.50. The number of aromatic amines is 1. The molecule has 0 saturated carbocycles. The number of tetrazole rings is 1. The van der Waals surface area contributed by atoms with E-state index in [9.17, 15) is 4.79 Å². The molecule has 0 aliphatic carbocycles. The van der Waals surface area contributed by atoms with E-state index in [0.717, 1.165) is 42.6 Å². The van der Waals surface area contributed by atoms with Crippen molar-refractivity contribution in [1.82, 2.24) is 30.1 Å². The van der Waals surface area contributed by atoms with Gasteiger partial charge in [-0.05, 0) is 88.3 Å². The molecule has 8 nitrogen and oxygen atoms in total. The molecule has 1 saturated heterocycles. The van der Waals surface area contributed by atoms with Gasteiger partial charge in [0.25, 0.3) is 5.56 Å². The highest BCUT2D eigenvalue weighted by molar-refractivity contribution is 5.80. The van der Waals surface area contributed by atoms with Gasteiger partial charge in [-0.2, -0.15) is 0 Å². The van der Waals surface area contributed by atoms with E-state index in [1.807, 2.05) is 35.9 Å². The van der Waals surface area contributed by atoms with Crippen LogP contribution in [-0.4, -0.2) is 49.8 Å². The Labute approximate surface area is 169 Å². The van der Waals surface area contributed by atoms with Crippen LogP contribution >= 0.6 is 0 Å². The zero-order valence-electron chi connectivity index (χ0n) is 17.5. The second kappa shape index (κ2) is 7.59. The van der Waals surface area contributed by atoms with Crippen LogP contribution in [-0.2, 0) is 5.54 Å². The van der Waals surface area contributed by atoms with E-state index in [1.165, 1.54) is 0 Å². The van der Waals surface area contributed by atoms with Crippen LogP contribution in [0, 0.1) is 0 Å². The summed E-state index contributed by atoms with van der Waals surface area (Å²) in [4.78, 5) is 18.4. The number of nitrogens with zero attached hydrogens (tertiary/aromatic N) is 5. The van der Waals surface area contributed by atoms with Crippen LogP contribution in [0.4, 0.5) is 0 Å². The Morgan fingerprint density at radius 1 is 1.21 bits per heavy atom. The van der Waals surface area contributed by atoms with E-state index in [2.05, 4.69) is 46.2 Å². The highest BCUT2D eigenvalue weighted by Gasteiger charge is 2.34. The monoisotopic (exact) mass is 396 g/mol. The van der Waals surface area contributed by atoms with Gasteiger partial charge in [0, 0.05) is 16.5 Å². The number of fused-ring (bicyclic) bond motifs is 1. The van der Waals surface area contributed by atoms with Gasteiger partial charge in [-0.1, -0.05) is 0 Å². The Morgan fingerprint density at radius 3 is 2.66 bits per heavy atom. The maximum atomic E-state index is 13.1. The Hall–Kier alpha value is -2.74. The average molecular weight is 396 g/mol. The highest BCUT2D eigenvalue weighted by atomic mass is 16.5. The summed E-state index contributed by atoms with van der Waals surface area (Å²) in [6.45, 7) is 10.6. The summed E-state index contributed by atoms with van der Waals surface area (Å²) in [5.74, 6) is 1.49. The summed E-state index contributed by atoms with van der Waals surface area (Å²) < 4.78 is 7.47. The molecule has 154 valence electrons. The van der Waals surface area contributed by atoms with Gasteiger partial charge in [-0.25, -0.2) is 4.68 Å². The third kappa shape index (κ3) is 3.76. The molecule has 0 spiro atoms. The number of rotatable bonds is 5. The number of benzene rings is 1. The third-order valence-electron chi connectivity index (χ3n) is 5.33. The molecule has 1 atom stereocenters. The molecular formula is C21H28N6O2. The molecule has 1 aliphatic heterocycles. The summed E-state index contributed by atoms with van der Waals surface area (Å²) in [5.41, 5.74) is 1.05. The van der Waals surface area contributed by atoms with Gasteiger partial charge in [0.2, 0.25) is 0 Å². The lowest BCUT2D eigenvalue weighted by molar-refractivity contribution is 0.241. The minimum atomic E-state index is -0.296. The first-order chi connectivity index (χ1) is 13.9. The SMILES string of the molecule is CCOc1ccc2[nH]c(=O)c(C(c3nnnn3C(C)(C)C)N3CCCC3)cc2c1. The van der Waals surface area contributed by atoms with Crippen molar-refractivity contribution in [1.29, 1.82) is 0 Å². The van der Waals surface area contributed by atoms with E-state index in [1.54, 1.807) is 0 Å². The first kappa shape index (κ1) is 19.6. The van der Waals surface area contributed by atoms with Gasteiger partial charge in [0.15, 0.2) is 5.82 Å². The lowest BCUT2D eigenvalue weighted by Gasteiger charge is -2.29. The molecule has 4 rings (SSSR count). The van der Waals surface area contributed by atoms with E-state index in [-0.39, 0.29) is 17.1 Å². The Kier molecular flexibility index (Phi) is 5.12. The fourth-order valence-electron chi connectivity index (χ4n) is 4.00. The molecule has 1 unspecified atom stereocenters. The molecular weight excluding hydrogens is 368 g/mol. The summed E-state index contributed by atoms with van der Waals surface area (Å²) in [7, 11) is 0. The average Bonchev–Trinajstić information content (AvgIpc) is 3.35. The Morgan fingerprint density at radius 2 is 1.97 bits per heavy atom. The molecule has 1 fully saturated rings. The van der Waals surface area contributed by atoms with Crippen molar-refractivity contribution in [2.24, 2.45) is 0 Å². The Balaban J connectivity index is 1.89. The molecule has 2 aromatic heterocycles. The fraction of sp³-hybridized carbons (Fsp3) is 0.524. The summed E-state index contributed by atoms with van der Waals surface area (Å²) in [6, 6.07) is 7.39. The van der Waals surface area contributed by atoms with Gasteiger partial charge in [0.05, 0.1) is 12.1 Å². The van der Waals surface area contributed by atoms with Crippen LogP contribution in [0.1, 0.15) is 58.0 Å². The number of H-pyrrole nitrogens is 1. The van der Waals surface area contributed by atoms with Crippen molar-refractivity contribution in [3.05, 3.63) is 46.0 Å². The van der Waals surface area contributed by atoms with Crippen LogP contribution in [0.3, 0.4) is 0 Å². The minimum absolute atomic E-state index is 0.109. The van der Waals surface area contributed by atoms with Crippen LogP contribution in [0.5, 0.6) is 5.75 Å². The highest BCUT2D eigenvalue weighted by Crippen LogP contribution is 2.32. The van der Waals surface area contributed by atoms with Crippen LogP contribution < -0.4 is 10.3 Å². The maximum Gasteiger partial charge on any atom is 0.253 e. The number of aromatic nitrogens is 5. The molecule has 0 radical (unpaired) electrons. The molecule has 29 heavy (non-hydrogen) atoms. The maximum absolute atomic E-state index is 13.1. The summed E-state index contributed by atoms with van der Waals surface area (Å²) in [5, 5.41) is 13.5. The first-order valence-corrected chi connectivity index (χ1v) is 10.2. The van der Waals surface area contributed by atoms with Crippen LogP contribution in [0.25, 0.3) is 10.9 Å². The molecule has 8 heteroatoms. The van der Waals surface area contributed by atoms with Crippen molar-refractivity contribution in [3.8, 4) is 5.75 Å². The largest absolute Gasteiger partial charge is 0.494 e. The quantitative estimate of drug-likeness (QED) is 0.713. The lowest BCUT2D eigenvalue weighted by Crippen LogP contribution is -2.36. The van der Waals surface area contributed by atoms with Gasteiger partial charge >= 0.3 is 0 Å². The van der Waals surface area contributed by atoms with E-state index >= 15 is 0 Å². The number of likely N-dealkylation sites (tertiary alicyclic amines) is 1. The minimum Gasteiger partial charge on any atom is -0.494 e. The summed E-state index contributed by atoms with van der Waals surface area (Å²) in [6.07, 6.45) is 2.21. The van der Waals surface area contributed by atoms with Crippen LogP contribution in [0.15, 0.2) is 29.1 Å². The van der Waals surface area contributed by atoms with Crippen molar-refractivity contribution in [2.45, 2.75) is 52.1 Å². The topological polar surface area (TPSA) is 88.9 Å². The molecule has 3 aromatic rings. The normalized spacial score (nSPS) is 16.4. The second-order valence-corrected chi connectivity index (χ2v) is 8.50. The fourth-order valence-corrected chi connectivity index (χ4v) is 4.00. The van der Waals surface area contributed by atoms with Crippen LogP contribution in [0.2, 0.25) is 0 Å². The molecule has 1 aromatic carbocycles. The lowest BCUT2D eigenvalue weighted by atomic mass is 10.0. The van der Waals surface area contributed by atoms with E-state index in [4.69, 9.17) is 4.74 Å². The number of pyridine rings is 1. The number of hydrogen-bond acceptors (Lipinski definition) is 6. The standard InChI is InChI=1S/C21H28N6O2/c1-5-29-15-8-9-17-14(12-15)13-16(20(28)22-17)18(26-10-6-7-11-26)19-23-24-25-27(19)21(2,3)4/h8-9,12-13,18H,5-7,10-11H2,1-4H3,(H,22,28). The van der Waals surface area contributed by atoms with Gasteiger partial charge in [-0.3, -0.25) is 9.69 Å². The van der Waals surface area contributed by atoms with Crippen molar-refractivity contribution < 1.29 is 4.74 Å². The van der Waals surface area contributed by atoms with Crippen molar-refractivity contribution in [3.63, 3.8) is 0 Å². The molecule has 0 bridgehead atoms. The van der Waals surface area contributed by atoms with E-state index < -0.39 is 0 Å². The third-order valence-corrected chi connectivity index (χ3v) is 5.33. The molecule has 1 aliphatic rings. The van der Waals surface area contributed by atoms with Crippen molar-refractivity contribution >= 4 is 10.9 Å². The zero-order chi connectivity index (χ0) is 20.6. The van der Waals surface area contributed by atoms with E-state index in [0.29, 0.717) is 18.0 Å². The molecule has 0 amide bonds. The van der Waals surface area contributed by atoms with Gasteiger partial charge in [-0.15, -0.1) is 5.10 Å². The first-order valence-electron chi connectivity index (χ1n) is 10.2. The number of ether oxygens (including phenoxy) is 1. The summed E-state index contributed by atoms with van der Waals surface area (Å²) >= 11 is 0. The van der Waals surface area contributed by atoms with Crippen molar-refractivity contribution in [2.75, 3.05) is 19.7 Å². The number of nitrogens with one attached hydrogen (secondary N) is 1. The predicted octanol–water partition coefficient (Wildman–Crippen LogP) is 2.85. The Bertz CT molecular complexity index is 1060. The predicted molar refractivity (Wildman–Crippen MR) is 111 cm³/mol. The number of hydrogen-bond donors (Lipinski definition) is 1. The van der Waals surface area contributed by atoms with Gasteiger partial charge < -0.3 is 9.72 Å². The molecule has 3 heterocycles.